The van der Waals surface area contributed by atoms with Crippen LogP contribution in [0.3, 0.4) is 0 Å². The van der Waals surface area contributed by atoms with E-state index in [-0.39, 0.29) is 24.1 Å². The van der Waals surface area contributed by atoms with Crippen molar-refractivity contribution in [1.82, 2.24) is 20.5 Å². The van der Waals surface area contributed by atoms with Crippen molar-refractivity contribution in [3.8, 4) is 0 Å². The molecule has 2 heterocycles. The molecule has 0 saturated carbocycles. The lowest BCUT2D eigenvalue weighted by molar-refractivity contribution is -0.122. The number of fused-ring (bicyclic) bond motifs is 1. The third kappa shape index (κ3) is 2.41. The minimum Gasteiger partial charge on any atom is -0.348 e. The summed E-state index contributed by atoms with van der Waals surface area (Å²) in [5, 5.41) is 8.80. The topological polar surface area (TPSA) is 90.6 Å². The van der Waals surface area contributed by atoms with E-state index in [4.69, 9.17) is 0 Å². The van der Waals surface area contributed by atoms with Gasteiger partial charge in [-0.2, -0.15) is 5.10 Å². The highest BCUT2D eigenvalue weighted by Crippen LogP contribution is 2.39. The van der Waals surface area contributed by atoms with Crippen molar-refractivity contribution >= 4 is 17.7 Å². The second kappa shape index (κ2) is 4.93. The summed E-state index contributed by atoms with van der Waals surface area (Å²) in [6.45, 7) is 0.223. The monoisotopic (exact) mass is 276 g/mol. The lowest BCUT2D eigenvalue weighted by Crippen LogP contribution is -2.29. The van der Waals surface area contributed by atoms with Crippen LogP contribution in [0, 0.1) is 0 Å². The van der Waals surface area contributed by atoms with Crippen molar-refractivity contribution < 1.29 is 4.79 Å². The number of thioether (sulfide) groups is 1. The Morgan fingerprint density at radius 2 is 2.32 bits per heavy atom. The quantitative estimate of drug-likeness (QED) is 0.766. The summed E-state index contributed by atoms with van der Waals surface area (Å²) in [7, 11) is 0. The number of nitrogens with zero attached hydrogens (tertiary/aromatic N) is 1. The Labute approximate surface area is 113 Å². The Morgan fingerprint density at radius 3 is 3.11 bits per heavy atom. The Hall–Kier alpha value is -2.02. The number of carbonyl (C=O) groups excluding carboxylic acids is 1. The molecule has 1 aliphatic rings. The molecule has 1 aromatic heterocycles. The fraction of sp³-hybridized carbons (Fsp3) is 0.250. The van der Waals surface area contributed by atoms with Crippen LogP contribution in [-0.4, -0.2) is 26.8 Å². The van der Waals surface area contributed by atoms with Gasteiger partial charge in [0.05, 0.1) is 12.5 Å². The minimum absolute atomic E-state index is 0.0405. The number of H-pyrrole nitrogens is 2. The smallest absolute Gasteiger partial charge is 0.340 e. The molecule has 19 heavy (non-hydrogen) atoms. The third-order valence-corrected chi connectivity index (χ3v) is 4.18. The second-order valence-corrected chi connectivity index (χ2v) is 5.31. The van der Waals surface area contributed by atoms with Gasteiger partial charge in [0.2, 0.25) is 5.91 Å². The number of hydrogen-bond donors (Lipinski definition) is 3. The fourth-order valence-corrected chi connectivity index (χ4v) is 3.29. The van der Waals surface area contributed by atoms with Crippen molar-refractivity contribution in [2.24, 2.45) is 0 Å². The Bertz CT molecular complexity index is 663. The predicted molar refractivity (Wildman–Crippen MR) is 71.0 cm³/mol. The van der Waals surface area contributed by atoms with Crippen molar-refractivity contribution in [2.45, 2.75) is 17.4 Å². The molecule has 3 rings (SSSR count). The first-order chi connectivity index (χ1) is 9.24. The number of aromatic amines is 2. The SMILES string of the molecule is O=C(NCc1n[nH]c(=O)[nH]1)[C@@H]1CSc2ccccc21. The van der Waals surface area contributed by atoms with E-state index in [0.29, 0.717) is 5.82 Å². The highest BCUT2D eigenvalue weighted by Gasteiger charge is 2.28. The van der Waals surface area contributed by atoms with Crippen LogP contribution >= 0.6 is 11.8 Å². The Balaban J connectivity index is 1.67. The summed E-state index contributed by atoms with van der Waals surface area (Å²) < 4.78 is 0. The van der Waals surface area contributed by atoms with E-state index in [1.807, 2.05) is 24.3 Å². The van der Waals surface area contributed by atoms with Gasteiger partial charge in [-0.15, -0.1) is 11.8 Å². The summed E-state index contributed by atoms with van der Waals surface area (Å²) >= 11 is 1.69. The molecule has 0 bridgehead atoms. The Kier molecular flexibility index (Phi) is 3.12. The van der Waals surface area contributed by atoms with Gasteiger partial charge in [0.1, 0.15) is 5.82 Å². The van der Waals surface area contributed by atoms with E-state index >= 15 is 0 Å². The van der Waals surface area contributed by atoms with Crippen molar-refractivity contribution in [3.63, 3.8) is 0 Å². The molecule has 1 atom stereocenters. The third-order valence-electron chi connectivity index (χ3n) is 3.00. The van der Waals surface area contributed by atoms with Crippen LogP contribution in [0.1, 0.15) is 17.3 Å². The van der Waals surface area contributed by atoms with Crippen LogP contribution in [0.2, 0.25) is 0 Å². The van der Waals surface area contributed by atoms with E-state index in [1.54, 1.807) is 11.8 Å². The molecular weight excluding hydrogens is 264 g/mol. The van der Waals surface area contributed by atoms with Gasteiger partial charge >= 0.3 is 5.69 Å². The molecule has 98 valence electrons. The van der Waals surface area contributed by atoms with Crippen molar-refractivity contribution in [2.75, 3.05) is 5.75 Å². The molecule has 0 unspecified atom stereocenters. The van der Waals surface area contributed by atoms with Crippen LogP contribution in [0.4, 0.5) is 0 Å². The maximum absolute atomic E-state index is 12.1. The molecule has 1 aliphatic heterocycles. The summed E-state index contributed by atoms with van der Waals surface area (Å²) in [5.41, 5.74) is 0.700. The van der Waals surface area contributed by atoms with Crippen molar-refractivity contribution in [3.05, 3.63) is 46.1 Å². The minimum atomic E-state index is -0.369. The zero-order valence-corrected chi connectivity index (χ0v) is 10.8. The van der Waals surface area contributed by atoms with Crippen molar-refractivity contribution in [1.29, 1.82) is 0 Å². The number of aromatic nitrogens is 3. The predicted octanol–water partition coefficient (Wildman–Crippen LogP) is 0.604. The van der Waals surface area contributed by atoms with Gasteiger partial charge in [-0.1, -0.05) is 18.2 Å². The first kappa shape index (κ1) is 12.0. The molecule has 7 heteroatoms. The number of hydrogen-bond acceptors (Lipinski definition) is 4. The summed E-state index contributed by atoms with van der Waals surface area (Å²) in [6.07, 6.45) is 0. The summed E-state index contributed by atoms with van der Waals surface area (Å²) in [4.78, 5) is 26.7. The molecule has 0 saturated heterocycles. The molecule has 1 aromatic carbocycles. The Morgan fingerprint density at radius 1 is 1.47 bits per heavy atom. The van der Waals surface area contributed by atoms with Crippen LogP contribution < -0.4 is 11.0 Å². The van der Waals surface area contributed by atoms with E-state index in [2.05, 4.69) is 20.5 Å². The molecule has 0 radical (unpaired) electrons. The highest BCUT2D eigenvalue weighted by molar-refractivity contribution is 7.99. The molecule has 0 spiro atoms. The maximum atomic E-state index is 12.1. The fourth-order valence-electron chi connectivity index (χ4n) is 2.06. The average molecular weight is 276 g/mol. The first-order valence-electron chi connectivity index (χ1n) is 5.87. The van der Waals surface area contributed by atoms with Crippen LogP contribution in [0.15, 0.2) is 34.0 Å². The summed E-state index contributed by atoms with van der Waals surface area (Å²) in [5.74, 6) is 1.01. The largest absolute Gasteiger partial charge is 0.348 e. The average Bonchev–Trinajstić information content (AvgIpc) is 3.02. The van der Waals surface area contributed by atoms with E-state index in [1.165, 1.54) is 0 Å². The molecule has 1 amide bonds. The van der Waals surface area contributed by atoms with Crippen LogP contribution in [0.5, 0.6) is 0 Å². The normalized spacial score (nSPS) is 17.2. The second-order valence-electron chi connectivity index (χ2n) is 4.24. The van der Waals surface area contributed by atoms with Gasteiger partial charge in [-0.05, 0) is 11.6 Å². The zero-order chi connectivity index (χ0) is 13.2. The first-order valence-corrected chi connectivity index (χ1v) is 6.85. The van der Waals surface area contributed by atoms with Crippen LogP contribution in [0.25, 0.3) is 0 Å². The molecule has 0 aliphatic carbocycles. The van der Waals surface area contributed by atoms with Gasteiger partial charge in [0, 0.05) is 10.6 Å². The maximum Gasteiger partial charge on any atom is 0.340 e. The molecule has 3 N–H and O–H groups in total. The van der Waals surface area contributed by atoms with Gasteiger partial charge in [-0.3, -0.25) is 9.78 Å². The number of carbonyl (C=O) groups is 1. The zero-order valence-electron chi connectivity index (χ0n) is 9.97. The standard InChI is InChI=1S/C12H12N4O2S/c17-11(13-5-10-14-12(18)16-15-10)8-6-19-9-4-2-1-3-7(8)9/h1-4,8H,5-6H2,(H,13,17)(H2,14,15,16,18)/t8-/m1/s1. The number of amides is 1. The lowest BCUT2D eigenvalue weighted by atomic mass is 10.0. The molecular formula is C12H12N4O2S. The van der Waals surface area contributed by atoms with E-state index in [0.717, 1.165) is 16.2 Å². The van der Waals surface area contributed by atoms with E-state index in [9.17, 15) is 9.59 Å². The number of nitrogens with one attached hydrogen (secondary N) is 3. The highest BCUT2D eigenvalue weighted by atomic mass is 32.2. The molecule has 2 aromatic rings. The van der Waals surface area contributed by atoms with Gasteiger partial charge < -0.3 is 5.32 Å². The number of benzene rings is 1. The number of rotatable bonds is 3. The summed E-state index contributed by atoms with van der Waals surface area (Å²) in [6, 6.07) is 7.92. The van der Waals surface area contributed by atoms with Gasteiger partial charge in [-0.25, -0.2) is 9.89 Å². The van der Waals surface area contributed by atoms with Crippen LogP contribution in [-0.2, 0) is 11.3 Å². The molecule has 6 nitrogen and oxygen atoms in total. The molecule has 0 fully saturated rings. The van der Waals surface area contributed by atoms with Gasteiger partial charge in [0.25, 0.3) is 0 Å². The van der Waals surface area contributed by atoms with E-state index < -0.39 is 0 Å². The van der Waals surface area contributed by atoms with Gasteiger partial charge in [0.15, 0.2) is 0 Å². The lowest BCUT2D eigenvalue weighted by Gasteiger charge is -2.10.